The van der Waals surface area contributed by atoms with Crippen LogP contribution >= 0.6 is 11.8 Å². The first-order valence-electron chi connectivity index (χ1n) is 5.09. The molecule has 1 fully saturated rings. The summed E-state index contributed by atoms with van der Waals surface area (Å²) in [4.78, 5) is 11.5. The van der Waals surface area contributed by atoms with Crippen molar-refractivity contribution in [1.29, 1.82) is 0 Å². The summed E-state index contributed by atoms with van der Waals surface area (Å²) in [6.45, 7) is 8.06. The fourth-order valence-corrected chi connectivity index (χ4v) is 2.61. The Morgan fingerprint density at radius 3 is 2.50 bits per heavy atom. The van der Waals surface area contributed by atoms with Gasteiger partial charge in [0.05, 0.1) is 11.5 Å². The van der Waals surface area contributed by atoms with E-state index < -0.39 is 0 Å². The van der Waals surface area contributed by atoms with Gasteiger partial charge in [-0.3, -0.25) is 10.1 Å². The number of carbonyl (C=O) groups is 1. The van der Waals surface area contributed by atoms with Crippen LogP contribution in [0.1, 0.15) is 27.7 Å². The van der Waals surface area contributed by atoms with Crippen LogP contribution in [0, 0.1) is 5.92 Å². The molecule has 0 aromatic carbocycles. The highest BCUT2D eigenvalue weighted by atomic mass is 32.2. The third kappa shape index (κ3) is 3.17. The van der Waals surface area contributed by atoms with E-state index in [1.165, 1.54) is 0 Å². The molecule has 0 amide bonds. The van der Waals surface area contributed by atoms with Crippen molar-refractivity contribution in [2.24, 2.45) is 5.92 Å². The molecule has 0 spiro atoms. The minimum atomic E-state index is -0.116. The van der Waals surface area contributed by atoms with E-state index in [-0.39, 0.29) is 18.1 Å². The highest BCUT2D eigenvalue weighted by Crippen LogP contribution is 2.25. The van der Waals surface area contributed by atoms with E-state index in [4.69, 9.17) is 4.74 Å². The van der Waals surface area contributed by atoms with Crippen molar-refractivity contribution in [1.82, 2.24) is 5.32 Å². The van der Waals surface area contributed by atoms with Crippen molar-refractivity contribution in [3.05, 3.63) is 0 Å². The van der Waals surface area contributed by atoms with E-state index >= 15 is 0 Å². The van der Waals surface area contributed by atoms with Gasteiger partial charge in [-0.25, -0.2) is 0 Å². The van der Waals surface area contributed by atoms with Crippen molar-refractivity contribution in [2.75, 3.05) is 5.75 Å². The minimum Gasteiger partial charge on any atom is -0.462 e. The molecular formula is C10H19NO2S. The van der Waals surface area contributed by atoms with Crippen LogP contribution in [0.3, 0.4) is 0 Å². The van der Waals surface area contributed by atoms with Crippen molar-refractivity contribution in [3.63, 3.8) is 0 Å². The van der Waals surface area contributed by atoms with E-state index in [0.29, 0.717) is 11.3 Å². The molecule has 1 N–H and O–H groups in total. The second-order valence-corrected chi connectivity index (χ2v) is 5.38. The van der Waals surface area contributed by atoms with Gasteiger partial charge in [0.15, 0.2) is 0 Å². The summed E-state index contributed by atoms with van der Waals surface area (Å²) >= 11 is 1.80. The Bertz CT molecular complexity index is 206. The standard InChI is InChI=1S/C10H19NO2S/c1-6(2)9-11-8(5-14-9)10(12)13-7(3)4/h6-9,11H,5H2,1-4H3/t8-,9-/m0/s1. The van der Waals surface area contributed by atoms with Crippen molar-refractivity contribution in [3.8, 4) is 0 Å². The Morgan fingerprint density at radius 1 is 1.43 bits per heavy atom. The van der Waals surface area contributed by atoms with Gasteiger partial charge in [0.2, 0.25) is 0 Å². The maximum Gasteiger partial charge on any atom is 0.324 e. The monoisotopic (exact) mass is 217 g/mol. The summed E-state index contributed by atoms with van der Waals surface area (Å²) in [7, 11) is 0. The number of nitrogens with one attached hydrogen (secondary N) is 1. The summed E-state index contributed by atoms with van der Waals surface area (Å²) in [5.74, 6) is 1.27. The maximum atomic E-state index is 11.5. The first-order chi connectivity index (χ1) is 6.50. The number of ether oxygens (including phenoxy) is 1. The predicted molar refractivity (Wildman–Crippen MR) is 59.2 cm³/mol. The molecule has 0 aromatic rings. The minimum absolute atomic E-state index is 0.0209. The summed E-state index contributed by atoms with van der Waals surface area (Å²) in [6, 6.07) is -0.116. The van der Waals surface area contributed by atoms with Gasteiger partial charge in [-0.2, -0.15) is 0 Å². The molecule has 14 heavy (non-hydrogen) atoms. The summed E-state index contributed by atoms with van der Waals surface area (Å²) in [5.41, 5.74) is 0. The van der Waals surface area contributed by atoms with Crippen LogP contribution in [0.4, 0.5) is 0 Å². The first-order valence-corrected chi connectivity index (χ1v) is 6.13. The molecule has 1 aliphatic rings. The van der Waals surface area contributed by atoms with E-state index in [1.807, 2.05) is 13.8 Å². The van der Waals surface area contributed by atoms with E-state index in [1.54, 1.807) is 11.8 Å². The third-order valence-corrected chi connectivity index (χ3v) is 3.62. The zero-order valence-corrected chi connectivity index (χ0v) is 10.1. The quantitative estimate of drug-likeness (QED) is 0.729. The van der Waals surface area contributed by atoms with Crippen molar-refractivity contribution < 1.29 is 9.53 Å². The number of thioether (sulfide) groups is 1. The molecule has 0 radical (unpaired) electrons. The molecule has 1 saturated heterocycles. The Balaban J connectivity index is 2.38. The topological polar surface area (TPSA) is 38.3 Å². The normalized spacial score (nSPS) is 27.3. The molecule has 0 unspecified atom stereocenters. The predicted octanol–water partition coefficient (Wildman–Crippen LogP) is 1.63. The molecule has 1 rings (SSSR count). The van der Waals surface area contributed by atoms with Crippen LogP contribution in [-0.4, -0.2) is 29.2 Å². The van der Waals surface area contributed by atoms with Crippen LogP contribution in [0.2, 0.25) is 0 Å². The van der Waals surface area contributed by atoms with Gasteiger partial charge < -0.3 is 4.74 Å². The number of carbonyl (C=O) groups excluding carboxylic acids is 1. The lowest BCUT2D eigenvalue weighted by molar-refractivity contribution is -0.149. The Labute approximate surface area is 90.0 Å². The van der Waals surface area contributed by atoms with Gasteiger partial charge in [0.25, 0.3) is 0 Å². The molecular weight excluding hydrogens is 198 g/mol. The molecule has 0 saturated carbocycles. The second-order valence-electron chi connectivity index (χ2n) is 4.20. The van der Waals surface area contributed by atoms with E-state index in [2.05, 4.69) is 19.2 Å². The lowest BCUT2D eigenvalue weighted by Crippen LogP contribution is -2.40. The zero-order valence-electron chi connectivity index (χ0n) is 9.24. The molecule has 82 valence electrons. The number of esters is 1. The van der Waals surface area contributed by atoms with Crippen LogP contribution < -0.4 is 5.32 Å². The third-order valence-electron chi connectivity index (χ3n) is 2.05. The van der Waals surface area contributed by atoms with E-state index in [9.17, 15) is 4.79 Å². The lowest BCUT2D eigenvalue weighted by Gasteiger charge is -2.16. The summed E-state index contributed by atoms with van der Waals surface area (Å²) < 4.78 is 5.15. The van der Waals surface area contributed by atoms with Gasteiger partial charge in [-0.1, -0.05) is 13.8 Å². The molecule has 1 heterocycles. The molecule has 4 heteroatoms. The van der Waals surface area contributed by atoms with Gasteiger partial charge >= 0.3 is 5.97 Å². The number of hydrogen-bond donors (Lipinski definition) is 1. The average Bonchev–Trinajstić information content (AvgIpc) is 2.50. The first kappa shape index (κ1) is 11.9. The van der Waals surface area contributed by atoms with Crippen LogP contribution in [0.5, 0.6) is 0 Å². The second kappa shape index (κ2) is 5.03. The fourth-order valence-electron chi connectivity index (χ4n) is 1.33. The summed E-state index contributed by atoms with van der Waals surface area (Å²) in [5, 5.41) is 3.67. The fraction of sp³-hybridized carbons (Fsp3) is 0.900. The maximum absolute atomic E-state index is 11.5. The van der Waals surface area contributed by atoms with Crippen molar-refractivity contribution in [2.45, 2.75) is 45.2 Å². The Kier molecular flexibility index (Phi) is 4.26. The molecule has 3 nitrogen and oxygen atoms in total. The van der Waals surface area contributed by atoms with Gasteiger partial charge in [0, 0.05) is 5.75 Å². The summed E-state index contributed by atoms with van der Waals surface area (Å²) in [6.07, 6.45) is -0.0209. The molecule has 2 atom stereocenters. The largest absolute Gasteiger partial charge is 0.462 e. The van der Waals surface area contributed by atoms with Gasteiger partial charge in [-0.05, 0) is 19.8 Å². The molecule has 0 bridgehead atoms. The smallest absolute Gasteiger partial charge is 0.324 e. The van der Waals surface area contributed by atoms with Crippen LogP contribution in [-0.2, 0) is 9.53 Å². The molecule has 0 aliphatic carbocycles. The van der Waals surface area contributed by atoms with E-state index in [0.717, 1.165) is 5.75 Å². The highest BCUT2D eigenvalue weighted by molar-refractivity contribution is 8.00. The zero-order chi connectivity index (χ0) is 10.7. The average molecular weight is 217 g/mol. The van der Waals surface area contributed by atoms with Gasteiger partial charge in [-0.15, -0.1) is 11.8 Å². The number of rotatable bonds is 3. The Morgan fingerprint density at radius 2 is 2.07 bits per heavy atom. The lowest BCUT2D eigenvalue weighted by atomic mass is 10.2. The number of hydrogen-bond acceptors (Lipinski definition) is 4. The van der Waals surface area contributed by atoms with Crippen LogP contribution in [0.15, 0.2) is 0 Å². The SMILES string of the molecule is CC(C)OC(=O)[C@@H]1CS[C@@H](C(C)C)N1. The van der Waals surface area contributed by atoms with Crippen molar-refractivity contribution >= 4 is 17.7 Å². The van der Waals surface area contributed by atoms with Crippen LogP contribution in [0.25, 0.3) is 0 Å². The highest BCUT2D eigenvalue weighted by Gasteiger charge is 2.32. The van der Waals surface area contributed by atoms with Gasteiger partial charge in [0.1, 0.15) is 6.04 Å². The Hall–Kier alpha value is -0.220. The molecule has 0 aromatic heterocycles. The molecule has 1 aliphatic heterocycles.